The highest BCUT2D eigenvalue weighted by Crippen LogP contribution is 2.33. The Morgan fingerprint density at radius 3 is 2.27 bits per heavy atom. The molecule has 0 aromatic heterocycles. The van der Waals surface area contributed by atoms with Crippen molar-refractivity contribution in [2.45, 2.75) is 13.1 Å². The Hall–Kier alpha value is -3.24. The smallest absolute Gasteiger partial charge is 0.0833 e. The molecular formula is C22H22N4. The maximum Gasteiger partial charge on any atom is 0.0833 e. The monoisotopic (exact) mass is 342 g/mol. The number of nitrogens with zero attached hydrogens (tertiary/aromatic N) is 1. The van der Waals surface area contributed by atoms with Crippen LogP contribution in [0.5, 0.6) is 0 Å². The molecule has 5 N–H and O–H groups in total. The molecule has 4 rings (SSSR count). The highest BCUT2D eigenvalue weighted by Gasteiger charge is 2.21. The average Bonchev–Trinajstić information content (AvgIpc) is 2.67. The molecule has 1 heterocycles. The zero-order valence-electron chi connectivity index (χ0n) is 14.5. The normalized spacial score (nSPS) is 15.9. The van der Waals surface area contributed by atoms with Gasteiger partial charge in [0, 0.05) is 23.4 Å². The van der Waals surface area contributed by atoms with E-state index in [4.69, 9.17) is 11.6 Å². The predicted octanol–water partition coefficient (Wildman–Crippen LogP) is 3.77. The van der Waals surface area contributed by atoms with Gasteiger partial charge in [0.1, 0.15) is 0 Å². The second kappa shape index (κ2) is 6.94. The highest BCUT2D eigenvalue weighted by atomic mass is 15.4. The molecule has 1 aliphatic rings. The van der Waals surface area contributed by atoms with Gasteiger partial charge >= 0.3 is 0 Å². The van der Waals surface area contributed by atoms with Crippen molar-refractivity contribution in [2.24, 2.45) is 11.6 Å². The number of benzene rings is 3. The molecule has 26 heavy (non-hydrogen) atoms. The molecule has 0 unspecified atom stereocenters. The van der Waals surface area contributed by atoms with E-state index in [0.717, 1.165) is 34.6 Å². The summed E-state index contributed by atoms with van der Waals surface area (Å²) in [7, 11) is 0. The number of hydrogen-bond acceptors (Lipinski definition) is 4. The number of nitrogens with one attached hydrogen (secondary N) is 1. The molecule has 0 spiro atoms. The van der Waals surface area contributed by atoms with E-state index in [-0.39, 0.29) is 0 Å². The van der Waals surface area contributed by atoms with E-state index in [2.05, 4.69) is 29.6 Å². The van der Waals surface area contributed by atoms with Gasteiger partial charge in [-0.3, -0.25) is 0 Å². The predicted molar refractivity (Wildman–Crippen MR) is 107 cm³/mol. The molecule has 130 valence electrons. The molecule has 4 nitrogen and oxygen atoms in total. The first-order valence-corrected chi connectivity index (χ1v) is 8.71. The van der Waals surface area contributed by atoms with E-state index >= 15 is 0 Å². The van der Waals surface area contributed by atoms with Gasteiger partial charge in [-0.1, -0.05) is 72.8 Å². The molecule has 0 amide bonds. The summed E-state index contributed by atoms with van der Waals surface area (Å²) in [6.07, 6.45) is 0. The second-order valence-corrected chi connectivity index (χ2v) is 6.43. The Labute approximate surface area is 153 Å². The molecule has 3 aromatic carbocycles. The van der Waals surface area contributed by atoms with Crippen molar-refractivity contribution in [1.29, 1.82) is 0 Å². The first kappa shape index (κ1) is 16.2. The number of hydrazine groups is 1. The summed E-state index contributed by atoms with van der Waals surface area (Å²) >= 11 is 0. The van der Waals surface area contributed by atoms with Crippen LogP contribution in [0, 0.1) is 0 Å². The lowest BCUT2D eigenvalue weighted by atomic mass is 9.96. The standard InChI is InChI=1S/C22H22N4/c23-21-19-12-6-7-13-20(19)25-14-17-10-4-5-11-18(17)22(21)26(24)15-16-8-2-1-3-9-16/h1-13,25H,14-15,23-24H2/b22-21-. The van der Waals surface area contributed by atoms with E-state index in [1.807, 2.05) is 54.6 Å². The van der Waals surface area contributed by atoms with Crippen LogP contribution in [0.4, 0.5) is 5.69 Å². The molecule has 3 aromatic rings. The Kier molecular flexibility index (Phi) is 4.33. The van der Waals surface area contributed by atoms with Gasteiger partial charge in [0.25, 0.3) is 0 Å². The van der Waals surface area contributed by atoms with Crippen molar-refractivity contribution < 1.29 is 0 Å². The van der Waals surface area contributed by atoms with Crippen molar-refractivity contribution in [3.63, 3.8) is 0 Å². The molecule has 0 saturated heterocycles. The number of nitrogens with two attached hydrogens (primary N) is 2. The molecule has 0 radical (unpaired) electrons. The van der Waals surface area contributed by atoms with E-state index in [1.165, 1.54) is 5.56 Å². The van der Waals surface area contributed by atoms with Gasteiger partial charge in [-0.2, -0.15) is 0 Å². The maximum absolute atomic E-state index is 6.65. The summed E-state index contributed by atoms with van der Waals surface area (Å²) in [6.45, 7) is 1.31. The summed E-state index contributed by atoms with van der Waals surface area (Å²) in [5.74, 6) is 6.54. The molecule has 0 fully saturated rings. The largest absolute Gasteiger partial charge is 0.396 e. The number of anilines is 1. The summed E-state index contributed by atoms with van der Waals surface area (Å²) in [5.41, 5.74) is 13.5. The van der Waals surface area contributed by atoms with Gasteiger partial charge in [-0.05, 0) is 17.2 Å². The number of rotatable bonds is 3. The Bertz CT molecular complexity index is 947. The quantitative estimate of drug-likeness (QED) is 0.501. The lowest BCUT2D eigenvalue weighted by Gasteiger charge is -2.29. The van der Waals surface area contributed by atoms with Crippen LogP contribution in [0.15, 0.2) is 78.9 Å². The Morgan fingerprint density at radius 2 is 1.46 bits per heavy atom. The van der Waals surface area contributed by atoms with Gasteiger partial charge in [0.05, 0.1) is 17.9 Å². The third-order valence-corrected chi connectivity index (χ3v) is 4.70. The lowest BCUT2D eigenvalue weighted by Crippen LogP contribution is -2.32. The molecule has 0 atom stereocenters. The SMILES string of the molecule is N/C1=C(\N(N)Cc2ccccc2)c2ccccc2CNc2ccccc21. The Morgan fingerprint density at radius 1 is 0.808 bits per heavy atom. The summed E-state index contributed by atoms with van der Waals surface area (Å²) < 4.78 is 0. The minimum absolute atomic E-state index is 0.584. The van der Waals surface area contributed by atoms with Crippen LogP contribution in [-0.2, 0) is 13.1 Å². The molecule has 0 bridgehead atoms. The van der Waals surface area contributed by atoms with E-state index in [0.29, 0.717) is 12.2 Å². The first-order valence-electron chi connectivity index (χ1n) is 8.71. The minimum atomic E-state index is 0.584. The summed E-state index contributed by atoms with van der Waals surface area (Å²) in [5, 5.41) is 5.24. The fourth-order valence-corrected chi connectivity index (χ4v) is 3.41. The van der Waals surface area contributed by atoms with Crippen LogP contribution in [0.25, 0.3) is 11.4 Å². The van der Waals surface area contributed by atoms with E-state index < -0.39 is 0 Å². The highest BCUT2D eigenvalue weighted by molar-refractivity contribution is 5.93. The third-order valence-electron chi connectivity index (χ3n) is 4.70. The topological polar surface area (TPSA) is 67.3 Å². The van der Waals surface area contributed by atoms with Gasteiger partial charge in [0.2, 0.25) is 0 Å². The summed E-state index contributed by atoms with van der Waals surface area (Å²) in [6, 6.07) is 26.5. The fraction of sp³-hybridized carbons (Fsp3) is 0.0909. The lowest BCUT2D eigenvalue weighted by molar-refractivity contribution is 0.410. The zero-order chi connectivity index (χ0) is 17.9. The van der Waals surface area contributed by atoms with E-state index in [1.54, 1.807) is 5.01 Å². The van der Waals surface area contributed by atoms with Crippen molar-refractivity contribution in [3.05, 3.63) is 101 Å². The third kappa shape index (κ3) is 3.03. The van der Waals surface area contributed by atoms with Crippen molar-refractivity contribution in [3.8, 4) is 0 Å². The number of fused-ring (bicyclic) bond motifs is 2. The van der Waals surface area contributed by atoms with Crippen LogP contribution in [0.2, 0.25) is 0 Å². The minimum Gasteiger partial charge on any atom is -0.396 e. The molecular weight excluding hydrogens is 320 g/mol. The van der Waals surface area contributed by atoms with Crippen LogP contribution in [0.3, 0.4) is 0 Å². The zero-order valence-corrected chi connectivity index (χ0v) is 14.5. The van der Waals surface area contributed by atoms with Crippen LogP contribution in [0.1, 0.15) is 22.3 Å². The Balaban J connectivity index is 1.86. The number of para-hydroxylation sites is 1. The van der Waals surface area contributed by atoms with Crippen molar-refractivity contribution in [1.82, 2.24) is 5.01 Å². The van der Waals surface area contributed by atoms with Crippen LogP contribution >= 0.6 is 0 Å². The maximum atomic E-state index is 6.65. The van der Waals surface area contributed by atoms with Crippen molar-refractivity contribution >= 4 is 17.1 Å². The van der Waals surface area contributed by atoms with Gasteiger partial charge in [-0.25, -0.2) is 5.84 Å². The first-order chi connectivity index (χ1) is 12.7. The summed E-state index contributed by atoms with van der Waals surface area (Å²) in [4.78, 5) is 0. The van der Waals surface area contributed by atoms with Crippen molar-refractivity contribution in [2.75, 3.05) is 5.32 Å². The van der Waals surface area contributed by atoms with Gasteiger partial charge < -0.3 is 16.1 Å². The van der Waals surface area contributed by atoms with Gasteiger partial charge in [-0.15, -0.1) is 0 Å². The van der Waals surface area contributed by atoms with Crippen LogP contribution < -0.4 is 16.9 Å². The molecule has 0 aliphatic carbocycles. The average molecular weight is 342 g/mol. The fourth-order valence-electron chi connectivity index (χ4n) is 3.41. The van der Waals surface area contributed by atoms with Gasteiger partial charge in [0.15, 0.2) is 0 Å². The van der Waals surface area contributed by atoms with Crippen LogP contribution in [-0.4, -0.2) is 5.01 Å². The van der Waals surface area contributed by atoms with E-state index in [9.17, 15) is 0 Å². The molecule has 4 heteroatoms. The molecule has 0 saturated carbocycles. The number of hydrogen-bond donors (Lipinski definition) is 3. The molecule has 1 aliphatic heterocycles. The second-order valence-electron chi connectivity index (χ2n) is 6.43.